The van der Waals surface area contributed by atoms with E-state index in [9.17, 15) is 0 Å². The maximum atomic E-state index is 5.71. The lowest BCUT2D eigenvalue weighted by molar-refractivity contribution is -0.342. The average Bonchev–Trinajstić information content (AvgIpc) is 3.07. The van der Waals surface area contributed by atoms with Crippen LogP contribution in [-0.2, 0) is 20.2 Å². The number of nitrogens with zero attached hydrogens (tertiary/aromatic N) is 1. The van der Waals surface area contributed by atoms with E-state index >= 15 is 0 Å². The van der Waals surface area contributed by atoms with E-state index in [1.165, 1.54) is 7.11 Å². The van der Waals surface area contributed by atoms with E-state index in [0.29, 0.717) is 30.1 Å². The SMILES string of the molecule is COc1ccc(Br)c2oc(C3(OC)OCCO3)nc12. The normalized spacial score (nSPS) is 18.1. The molecule has 7 heteroatoms. The molecule has 0 unspecified atom stereocenters. The van der Waals surface area contributed by atoms with Gasteiger partial charge in [-0.2, -0.15) is 0 Å². The number of oxazole rings is 1. The molecule has 1 aliphatic rings. The third kappa shape index (κ3) is 1.93. The molecule has 0 N–H and O–H groups in total. The third-order valence-electron chi connectivity index (χ3n) is 2.88. The molecule has 1 aliphatic heterocycles. The first-order valence-electron chi connectivity index (χ1n) is 5.67. The van der Waals surface area contributed by atoms with Gasteiger partial charge in [-0.3, -0.25) is 0 Å². The molecule has 0 saturated carbocycles. The Morgan fingerprint density at radius 1 is 1.26 bits per heavy atom. The molecule has 2 aromatic rings. The zero-order valence-corrected chi connectivity index (χ0v) is 12.0. The standard InChI is InChI=1S/C12H12BrNO5/c1-15-8-4-3-7(13)10-9(8)14-11(19-10)12(16-2)17-5-6-18-12/h3-4H,5-6H2,1-2H3. The summed E-state index contributed by atoms with van der Waals surface area (Å²) in [6.45, 7) is 0.843. The topological polar surface area (TPSA) is 63.0 Å². The van der Waals surface area contributed by atoms with Gasteiger partial charge in [0.15, 0.2) is 11.1 Å². The van der Waals surface area contributed by atoms with Crippen LogP contribution in [0.5, 0.6) is 5.75 Å². The van der Waals surface area contributed by atoms with Gasteiger partial charge in [-0.1, -0.05) is 0 Å². The predicted octanol–water partition coefficient (Wildman–Crippen LogP) is 2.40. The number of hydrogen-bond donors (Lipinski definition) is 0. The van der Waals surface area contributed by atoms with E-state index in [1.807, 2.05) is 6.07 Å². The number of fused-ring (bicyclic) bond motifs is 1. The van der Waals surface area contributed by atoms with Gasteiger partial charge in [0.25, 0.3) is 5.89 Å². The number of hydrogen-bond acceptors (Lipinski definition) is 6. The van der Waals surface area contributed by atoms with Crippen molar-refractivity contribution in [1.82, 2.24) is 4.98 Å². The monoisotopic (exact) mass is 329 g/mol. The highest BCUT2D eigenvalue weighted by molar-refractivity contribution is 9.10. The van der Waals surface area contributed by atoms with Crippen molar-refractivity contribution in [2.75, 3.05) is 27.4 Å². The lowest BCUT2D eigenvalue weighted by Gasteiger charge is -2.20. The minimum Gasteiger partial charge on any atom is -0.494 e. The summed E-state index contributed by atoms with van der Waals surface area (Å²) in [5.74, 6) is -0.547. The summed E-state index contributed by atoms with van der Waals surface area (Å²) in [6, 6.07) is 3.63. The summed E-state index contributed by atoms with van der Waals surface area (Å²) >= 11 is 3.41. The first-order chi connectivity index (χ1) is 9.20. The van der Waals surface area contributed by atoms with Gasteiger partial charge >= 0.3 is 5.97 Å². The highest BCUT2D eigenvalue weighted by Crippen LogP contribution is 2.38. The second-order valence-electron chi connectivity index (χ2n) is 3.90. The predicted molar refractivity (Wildman–Crippen MR) is 68.9 cm³/mol. The number of halogens is 1. The summed E-state index contributed by atoms with van der Waals surface area (Å²) in [5.41, 5.74) is 1.15. The second-order valence-corrected chi connectivity index (χ2v) is 4.76. The molecule has 102 valence electrons. The van der Waals surface area contributed by atoms with E-state index in [-0.39, 0.29) is 5.89 Å². The maximum Gasteiger partial charge on any atom is 0.365 e. The van der Waals surface area contributed by atoms with Gasteiger partial charge in [0.2, 0.25) is 0 Å². The molecule has 0 spiro atoms. The fourth-order valence-electron chi connectivity index (χ4n) is 1.97. The van der Waals surface area contributed by atoms with Gasteiger partial charge in [-0.15, -0.1) is 0 Å². The van der Waals surface area contributed by atoms with Crippen molar-refractivity contribution in [1.29, 1.82) is 0 Å². The Hall–Kier alpha value is -1.15. The molecule has 2 heterocycles. The number of methoxy groups -OCH3 is 2. The number of ether oxygens (including phenoxy) is 4. The Kier molecular flexibility index (Phi) is 3.22. The molecule has 1 aromatic carbocycles. The fourth-order valence-corrected chi connectivity index (χ4v) is 2.37. The van der Waals surface area contributed by atoms with E-state index < -0.39 is 5.97 Å². The Morgan fingerprint density at radius 3 is 2.63 bits per heavy atom. The molecule has 0 bridgehead atoms. The van der Waals surface area contributed by atoms with Crippen molar-refractivity contribution in [3.8, 4) is 5.75 Å². The van der Waals surface area contributed by atoms with Gasteiger partial charge in [0, 0.05) is 7.11 Å². The van der Waals surface area contributed by atoms with Crippen LogP contribution in [-0.4, -0.2) is 32.4 Å². The highest BCUT2D eigenvalue weighted by Gasteiger charge is 2.45. The Balaban J connectivity index is 2.18. The molecule has 0 radical (unpaired) electrons. The molecule has 0 amide bonds. The van der Waals surface area contributed by atoms with Crippen molar-refractivity contribution in [3.05, 3.63) is 22.5 Å². The van der Waals surface area contributed by atoms with Crippen LogP contribution >= 0.6 is 15.9 Å². The van der Waals surface area contributed by atoms with Gasteiger partial charge in [-0.25, -0.2) is 4.98 Å². The molecule has 3 rings (SSSR count). The molecule has 1 aromatic heterocycles. The van der Waals surface area contributed by atoms with Crippen molar-refractivity contribution in [2.24, 2.45) is 0 Å². The summed E-state index contributed by atoms with van der Waals surface area (Å²) in [4.78, 5) is 4.37. The van der Waals surface area contributed by atoms with Crippen LogP contribution in [0, 0.1) is 0 Å². The molecule has 1 saturated heterocycles. The minimum atomic E-state index is -1.37. The van der Waals surface area contributed by atoms with Crippen molar-refractivity contribution >= 4 is 27.0 Å². The van der Waals surface area contributed by atoms with Gasteiger partial charge in [0.1, 0.15) is 5.75 Å². The molecule has 0 aliphatic carbocycles. The lowest BCUT2D eigenvalue weighted by atomic mass is 10.3. The number of aromatic nitrogens is 1. The molecule has 19 heavy (non-hydrogen) atoms. The Morgan fingerprint density at radius 2 is 2.00 bits per heavy atom. The summed E-state index contributed by atoms with van der Waals surface area (Å²) in [5, 5.41) is 0. The van der Waals surface area contributed by atoms with Gasteiger partial charge in [-0.05, 0) is 28.1 Å². The molecular weight excluding hydrogens is 318 g/mol. The highest BCUT2D eigenvalue weighted by atomic mass is 79.9. The quantitative estimate of drug-likeness (QED) is 0.861. The van der Waals surface area contributed by atoms with Crippen molar-refractivity contribution < 1.29 is 23.4 Å². The van der Waals surface area contributed by atoms with Crippen LogP contribution < -0.4 is 4.74 Å². The Labute approximate surface area is 117 Å². The van der Waals surface area contributed by atoms with E-state index in [4.69, 9.17) is 23.4 Å². The molecule has 6 nitrogen and oxygen atoms in total. The van der Waals surface area contributed by atoms with E-state index in [1.54, 1.807) is 13.2 Å². The zero-order chi connectivity index (χ0) is 13.5. The Bertz CT molecular complexity index is 605. The summed E-state index contributed by atoms with van der Waals surface area (Å²) in [6.07, 6.45) is 0. The number of rotatable bonds is 3. The van der Waals surface area contributed by atoms with Crippen LogP contribution in [0.3, 0.4) is 0 Å². The molecule has 1 fully saturated rings. The van der Waals surface area contributed by atoms with Crippen LogP contribution in [0.4, 0.5) is 0 Å². The molecular formula is C12H12BrNO5. The van der Waals surface area contributed by atoms with Crippen LogP contribution in [0.1, 0.15) is 5.89 Å². The van der Waals surface area contributed by atoms with Crippen LogP contribution in [0.15, 0.2) is 21.0 Å². The van der Waals surface area contributed by atoms with Gasteiger partial charge < -0.3 is 23.4 Å². The first-order valence-corrected chi connectivity index (χ1v) is 6.46. The van der Waals surface area contributed by atoms with Crippen molar-refractivity contribution in [2.45, 2.75) is 5.97 Å². The average molecular weight is 330 g/mol. The summed E-state index contributed by atoms with van der Waals surface area (Å²) in [7, 11) is 3.05. The zero-order valence-electron chi connectivity index (χ0n) is 10.4. The first kappa shape index (κ1) is 12.9. The maximum absolute atomic E-state index is 5.71. The smallest absolute Gasteiger partial charge is 0.365 e. The fraction of sp³-hybridized carbons (Fsp3) is 0.417. The second kappa shape index (κ2) is 4.75. The van der Waals surface area contributed by atoms with E-state index in [2.05, 4.69) is 20.9 Å². The summed E-state index contributed by atoms with van der Waals surface area (Å²) < 4.78 is 27.9. The van der Waals surface area contributed by atoms with Crippen LogP contribution in [0.25, 0.3) is 11.1 Å². The van der Waals surface area contributed by atoms with Gasteiger partial charge in [0.05, 0.1) is 24.8 Å². The van der Waals surface area contributed by atoms with Crippen LogP contribution in [0.2, 0.25) is 0 Å². The third-order valence-corrected chi connectivity index (χ3v) is 3.50. The van der Waals surface area contributed by atoms with E-state index in [0.717, 1.165) is 4.47 Å². The van der Waals surface area contributed by atoms with Crippen molar-refractivity contribution in [3.63, 3.8) is 0 Å². The number of benzene rings is 1. The minimum absolute atomic E-state index is 0.215. The lowest BCUT2D eigenvalue weighted by Crippen LogP contribution is -2.29. The molecule has 0 atom stereocenters. The largest absolute Gasteiger partial charge is 0.494 e.